The minimum Gasteiger partial charge on any atom is -0.326 e. The van der Waals surface area contributed by atoms with E-state index >= 15 is 0 Å². The third-order valence-corrected chi connectivity index (χ3v) is 3.20. The lowest BCUT2D eigenvalue weighted by molar-refractivity contribution is 0.371. The molecule has 80 valence electrons. The molecule has 0 aliphatic heterocycles. The molecule has 1 atom stereocenters. The van der Waals surface area contributed by atoms with Crippen LogP contribution in [-0.2, 0) is 6.42 Å². The molecule has 0 aromatic carbocycles. The standard InChI is InChI=1S/C10H19N3S/c1-7-8(2)14-10(12-7)5-9(11)6-13(3)4/h9H,5-6,11H2,1-4H3. The molecule has 3 nitrogen and oxygen atoms in total. The van der Waals surface area contributed by atoms with Crippen molar-refractivity contribution in [3.63, 3.8) is 0 Å². The largest absolute Gasteiger partial charge is 0.326 e. The van der Waals surface area contributed by atoms with E-state index in [1.807, 2.05) is 21.0 Å². The predicted molar refractivity (Wildman–Crippen MR) is 61.8 cm³/mol. The third-order valence-electron chi connectivity index (χ3n) is 2.11. The number of nitrogens with two attached hydrogens (primary N) is 1. The van der Waals surface area contributed by atoms with Crippen molar-refractivity contribution >= 4 is 11.3 Å². The Morgan fingerprint density at radius 2 is 2.07 bits per heavy atom. The van der Waals surface area contributed by atoms with E-state index in [1.54, 1.807) is 11.3 Å². The van der Waals surface area contributed by atoms with Gasteiger partial charge in [-0.2, -0.15) is 0 Å². The van der Waals surface area contributed by atoms with Crippen LogP contribution < -0.4 is 5.73 Å². The Balaban J connectivity index is 2.51. The second kappa shape index (κ2) is 4.87. The van der Waals surface area contributed by atoms with Crippen LogP contribution in [0.1, 0.15) is 15.6 Å². The molecule has 0 spiro atoms. The molecule has 14 heavy (non-hydrogen) atoms. The number of hydrogen-bond donors (Lipinski definition) is 1. The first-order valence-electron chi connectivity index (χ1n) is 4.82. The number of hydrogen-bond acceptors (Lipinski definition) is 4. The van der Waals surface area contributed by atoms with Crippen LogP contribution in [0.15, 0.2) is 0 Å². The summed E-state index contributed by atoms with van der Waals surface area (Å²) in [4.78, 5) is 7.89. The number of thiazole rings is 1. The summed E-state index contributed by atoms with van der Waals surface area (Å²) in [7, 11) is 4.08. The van der Waals surface area contributed by atoms with Crippen molar-refractivity contribution in [1.29, 1.82) is 0 Å². The molecule has 0 amide bonds. The molecule has 1 unspecified atom stereocenters. The van der Waals surface area contributed by atoms with Gasteiger partial charge in [0.2, 0.25) is 0 Å². The van der Waals surface area contributed by atoms with Gasteiger partial charge in [0, 0.05) is 23.9 Å². The van der Waals surface area contributed by atoms with Crippen LogP contribution in [-0.4, -0.2) is 36.6 Å². The molecule has 0 aliphatic rings. The maximum atomic E-state index is 5.99. The van der Waals surface area contributed by atoms with Gasteiger partial charge in [0.05, 0.1) is 10.7 Å². The molecule has 0 saturated heterocycles. The SMILES string of the molecule is Cc1nc(CC(N)CN(C)C)sc1C. The van der Waals surface area contributed by atoms with Crippen molar-refractivity contribution in [3.8, 4) is 0 Å². The van der Waals surface area contributed by atoms with Gasteiger partial charge in [-0.15, -0.1) is 11.3 Å². The van der Waals surface area contributed by atoms with E-state index in [0.29, 0.717) is 0 Å². The lowest BCUT2D eigenvalue weighted by Crippen LogP contribution is -2.34. The van der Waals surface area contributed by atoms with E-state index in [9.17, 15) is 0 Å². The van der Waals surface area contributed by atoms with Gasteiger partial charge >= 0.3 is 0 Å². The first kappa shape index (κ1) is 11.6. The fourth-order valence-corrected chi connectivity index (χ4v) is 2.41. The molecule has 0 aliphatic carbocycles. The zero-order valence-electron chi connectivity index (χ0n) is 9.37. The smallest absolute Gasteiger partial charge is 0.0946 e. The van der Waals surface area contributed by atoms with Crippen LogP contribution in [0.25, 0.3) is 0 Å². The summed E-state index contributed by atoms with van der Waals surface area (Å²) in [5.74, 6) is 0. The van der Waals surface area contributed by atoms with E-state index in [1.165, 1.54) is 4.88 Å². The van der Waals surface area contributed by atoms with E-state index in [0.717, 1.165) is 23.7 Å². The highest BCUT2D eigenvalue weighted by Gasteiger charge is 2.09. The number of nitrogens with zero attached hydrogens (tertiary/aromatic N) is 2. The van der Waals surface area contributed by atoms with E-state index in [4.69, 9.17) is 5.73 Å². The number of rotatable bonds is 4. The molecule has 1 rings (SSSR count). The zero-order valence-corrected chi connectivity index (χ0v) is 10.2. The van der Waals surface area contributed by atoms with Crippen molar-refractivity contribution in [3.05, 3.63) is 15.6 Å². The number of aryl methyl sites for hydroxylation is 2. The fourth-order valence-electron chi connectivity index (χ4n) is 1.38. The summed E-state index contributed by atoms with van der Waals surface area (Å²) in [5, 5.41) is 1.16. The Hall–Kier alpha value is -0.450. The quantitative estimate of drug-likeness (QED) is 0.817. The molecular formula is C10H19N3S. The second-order valence-corrected chi connectivity index (χ2v) is 5.26. The Morgan fingerprint density at radius 3 is 2.50 bits per heavy atom. The second-order valence-electron chi connectivity index (χ2n) is 3.98. The van der Waals surface area contributed by atoms with Crippen molar-refractivity contribution in [1.82, 2.24) is 9.88 Å². The average Bonchev–Trinajstić information content (AvgIpc) is 2.28. The first-order valence-corrected chi connectivity index (χ1v) is 5.64. The van der Waals surface area contributed by atoms with Crippen LogP contribution >= 0.6 is 11.3 Å². The molecule has 1 aromatic heterocycles. The average molecular weight is 213 g/mol. The monoisotopic (exact) mass is 213 g/mol. The summed E-state index contributed by atoms with van der Waals surface area (Å²) < 4.78 is 0. The minimum absolute atomic E-state index is 0.190. The van der Waals surface area contributed by atoms with Gasteiger partial charge in [0.25, 0.3) is 0 Å². The van der Waals surface area contributed by atoms with E-state index in [2.05, 4.69) is 16.8 Å². The number of likely N-dealkylation sites (N-methyl/N-ethyl adjacent to an activating group) is 1. The topological polar surface area (TPSA) is 42.1 Å². The molecule has 4 heteroatoms. The van der Waals surface area contributed by atoms with Gasteiger partial charge in [-0.3, -0.25) is 0 Å². The maximum Gasteiger partial charge on any atom is 0.0946 e. The summed E-state index contributed by atoms with van der Waals surface area (Å²) >= 11 is 1.76. The summed E-state index contributed by atoms with van der Waals surface area (Å²) in [6.45, 7) is 5.07. The fraction of sp³-hybridized carbons (Fsp3) is 0.700. The molecule has 2 N–H and O–H groups in total. The lowest BCUT2D eigenvalue weighted by atomic mass is 10.2. The van der Waals surface area contributed by atoms with Gasteiger partial charge in [-0.1, -0.05) is 0 Å². The zero-order chi connectivity index (χ0) is 10.7. The van der Waals surface area contributed by atoms with Gasteiger partial charge in [0.15, 0.2) is 0 Å². The van der Waals surface area contributed by atoms with Gasteiger partial charge in [-0.05, 0) is 27.9 Å². The van der Waals surface area contributed by atoms with Crippen LogP contribution in [0.4, 0.5) is 0 Å². The van der Waals surface area contributed by atoms with Crippen molar-refractivity contribution in [2.45, 2.75) is 26.3 Å². The van der Waals surface area contributed by atoms with Gasteiger partial charge in [0.1, 0.15) is 0 Å². The Kier molecular flexibility index (Phi) is 4.04. The van der Waals surface area contributed by atoms with E-state index in [-0.39, 0.29) is 6.04 Å². The maximum absolute atomic E-state index is 5.99. The molecule has 0 saturated carbocycles. The van der Waals surface area contributed by atoms with Crippen molar-refractivity contribution in [2.75, 3.05) is 20.6 Å². The molecular weight excluding hydrogens is 194 g/mol. The Labute approximate surface area is 89.9 Å². The molecule has 0 bridgehead atoms. The number of aromatic nitrogens is 1. The highest BCUT2D eigenvalue weighted by atomic mass is 32.1. The lowest BCUT2D eigenvalue weighted by Gasteiger charge is -2.15. The molecule has 1 heterocycles. The molecule has 1 aromatic rings. The summed E-state index contributed by atoms with van der Waals surface area (Å²) in [6.07, 6.45) is 0.886. The summed E-state index contributed by atoms with van der Waals surface area (Å²) in [5.41, 5.74) is 7.13. The van der Waals surface area contributed by atoms with Crippen LogP contribution in [0, 0.1) is 13.8 Å². The van der Waals surface area contributed by atoms with E-state index < -0.39 is 0 Å². The van der Waals surface area contributed by atoms with Crippen molar-refractivity contribution in [2.24, 2.45) is 5.73 Å². The molecule has 0 radical (unpaired) electrons. The Bertz CT molecular complexity index is 274. The highest BCUT2D eigenvalue weighted by Crippen LogP contribution is 2.17. The highest BCUT2D eigenvalue weighted by molar-refractivity contribution is 7.11. The van der Waals surface area contributed by atoms with Crippen LogP contribution in [0.3, 0.4) is 0 Å². The van der Waals surface area contributed by atoms with Gasteiger partial charge in [-0.25, -0.2) is 4.98 Å². The van der Waals surface area contributed by atoms with Crippen molar-refractivity contribution < 1.29 is 0 Å². The normalized spacial score (nSPS) is 13.6. The molecule has 0 fully saturated rings. The third kappa shape index (κ3) is 3.36. The Morgan fingerprint density at radius 1 is 1.43 bits per heavy atom. The van der Waals surface area contributed by atoms with Crippen LogP contribution in [0.5, 0.6) is 0 Å². The van der Waals surface area contributed by atoms with Gasteiger partial charge < -0.3 is 10.6 Å². The first-order chi connectivity index (χ1) is 6.49. The predicted octanol–water partition coefficient (Wildman–Crippen LogP) is 1.19. The minimum atomic E-state index is 0.190. The van der Waals surface area contributed by atoms with Crippen LogP contribution in [0.2, 0.25) is 0 Å². The summed E-state index contributed by atoms with van der Waals surface area (Å²) in [6, 6.07) is 0.190.